The molecule has 114 valence electrons. The van der Waals surface area contributed by atoms with Crippen molar-refractivity contribution in [1.82, 2.24) is 0 Å². The third-order valence-corrected chi connectivity index (χ3v) is 2.70. The van der Waals surface area contributed by atoms with Gasteiger partial charge in [-0.3, -0.25) is 0 Å². The summed E-state index contributed by atoms with van der Waals surface area (Å²) < 4.78 is 9.57. The largest absolute Gasteiger partial charge is 0.406 e. The summed E-state index contributed by atoms with van der Waals surface area (Å²) >= 11 is 0. The summed E-state index contributed by atoms with van der Waals surface area (Å²) in [4.78, 5) is 29.9. The van der Waals surface area contributed by atoms with E-state index in [1.165, 1.54) is 6.08 Å². The van der Waals surface area contributed by atoms with Gasteiger partial charge in [-0.1, -0.05) is 13.2 Å². The van der Waals surface area contributed by atoms with Gasteiger partial charge in [-0.25, -0.2) is 19.6 Å². The predicted molar refractivity (Wildman–Crippen MR) is 80.2 cm³/mol. The number of hydrogen-bond acceptors (Lipinski definition) is 6. The second-order valence-corrected chi connectivity index (χ2v) is 5.75. The predicted octanol–water partition coefficient (Wildman–Crippen LogP) is 2.20. The van der Waals surface area contributed by atoms with Crippen LogP contribution in [-0.2, 0) is 19.1 Å². The van der Waals surface area contributed by atoms with Crippen LogP contribution < -0.4 is 0 Å². The molecule has 0 saturated heterocycles. The molecule has 0 amide bonds. The highest BCUT2D eigenvalue weighted by Crippen LogP contribution is 2.21. The standard InChI is InChI=1S/C8H11NO2.C7H9NO2/c1-5(2)6-9-8(3,4)7(10)11-6;1-4-5-8-7(2,3)6(9)10-5/h1H2,2-4H3;4H,1H2,2-3H3. The number of esters is 2. The molecule has 0 aliphatic carbocycles. The lowest BCUT2D eigenvalue weighted by molar-refractivity contribution is -0.138. The number of hydrogen-bond donors (Lipinski definition) is 0. The van der Waals surface area contributed by atoms with Crippen LogP contribution in [0.25, 0.3) is 0 Å². The zero-order valence-corrected chi connectivity index (χ0v) is 13.0. The molecule has 2 rings (SSSR count). The molecule has 0 aromatic heterocycles. The van der Waals surface area contributed by atoms with E-state index in [1.807, 2.05) is 0 Å². The Morgan fingerprint density at radius 2 is 1.52 bits per heavy atom. The lowest BCUT2D eigenvalue weighted by Crippen LogP contribution is -2.25. The molecule has 6 nitrogen and oxygen atoms in total. The van der Waals surface area contributed by atoms with Gasteiger partial charge in [-0.15, -0.1) is 0 Å². The van der Waals surface area contributed by atoms with Crippen LogP contribution >= 0.6 is 0 Å². The Bertz CT molecular complexity index is 568. The first-order valence-corrected chi connectivity index (χ1v) is 6.42. The molecule has 6 heteroatoms. The van der Waals surface area contributed by atoms with E-state index in [0.717, 1.165) is 0 Å². The van der Waals surface area contributed by atoms with Crippen LogP contribution in [0.1, 0.15) is 34.6 Å². The number of carbonyl (C=O) groups is 2. The number of aliphatic imine (C=N–C) groups is 2. The Hall–Kier alpha value is -2.24. The van der Waals surface area contributed by atoms with Crippen LogP contribution in [0.4, 0.5) is 0 Å². The first-order valence-electron chi connectivity index (χ1n) is 6.42. The first kappa shape index (κ1) is 16.8. The highest BCUT2D eigenvalue weighted by atomic mass is 16.6. The van der Waals surface area contributed by atoms with Gasteiger partial charge in [0.1, 0.15) is 0 Å². The van der Waals surface area contributed by atoms with Crippen molar-refractivity contribution in [2.45, 2.75) is 45.7 Å². The molecule has 0 atom stereocenters. The SMILES string of the molecule is C=C(C)C1=NC(C)(C)C(=O)O1.C=CC1=NC(C)(C)C(=O)O1. The van der Waals surface area contributed by atoms with Crippen LogP contribution in [0.5, 0.6) is 0 Å². The van der Waals surface area contributed by atoms with Gasteiger partial charge in [0.25, 0.3) is 0 Å². The van der Waals surface area contributed by atoms with E-state index >= 15 is 0 Å². The van der Waals surface area contributed by atoms with Crippen molar-refractivity contribution < 1.29 is 19.1 Å². The maximum Gasteiger partial charge on any atom is 0.340 e. The van der Waals surface area contributed by atoms with Gasteiger partial charge in [0.2, 0.25) is 11.8 Å². The Kier molecular flexibility index (Phi) is 4.51. The number of ether oxygens (including phenoxy) is 2. The topological polar surface area (TPSA) is 77.3 Å². The molecule has 21 heavy (non-hydrogen) atoms. The van der Waals surface area contributed by atoms with E-state index in [0.29, 0.717) is 17.4 Å². The van der Waals surface area contributed by atoms with Gasteiger partial charge in [-0.2, -0.15) is 0 Å². The number of rotatable bonds is 2. The van der Waals surface area contributed by atoms with E-state index in [2.05, 4.69) is 23.1 Å². The second-order valence-electron chi connectivity index (χ2n) is 5.75. The van der Waals surface area contributed by atoms with Crippen LogP contribution in [-0.4, -0.2) is 34.8 Å². The molecule has 0 aromatic rings. The summed E-state index contributed by atoms with van der Waals surface area (Å²) in [5.41, 5.74) is -0.762. The zero-order valence-electron chi connectivity index (χ0n) is 13.0. The third-order valence-electron chi connectivity index (χ3n) is 2.70. The quantitative estimate of drug-likeness (QED) is 0.731. The van der Waals surface area contributed by atoms with Crippen LogP contribution in [0, 0.1) is 0 Å². The summed E-state index contributed by atoms with van der Waals surface area (Å²) in [6, 6.07) is 0. The Balaban J connectivity index is 0.000000211. The molecule has 2 heterocycles. The minimum absolute atomic E-state index is 0.310. The van der Waals surface area contributed by atoms with Crippen LogP contribution in [0.2, 0.25) is 0 Å². The monoisotopic (exact) mass is 292 g/mol. The first-order chi connectivity index (χ1) is 9.49. The normalized spacial score (nSPS) is 21.4. The highest BCUT2D eigenvalue weighted by Gasteiger charge is 2.37. The van der Waals surface area contributed by atoms with Crippen molar-refractivity contribution in [3.63, 3.8) is 0 Å². The molecular weight excluding hydrogens is 272 g/mol. The van der Waals surface area contributed by atoms with Gasteiger partial charge in [0.05, 0.1) is 0 Å². The Morgan fingerprint density at radius 3 is 1.71 bits per heavy atom. The summed E-state index contributed by atoms with van der Waals surface area (Å²) in [6.45, 7) is 15.6. The second kappa shape index (κ2) is 5.63. The highest BCUT2D eigenvalue weighted by molar-refractivity contribution is 6.06. The Labute approximate surface area is 124 Å². The van der Waals surface area contributed by atoms with Crippen molar-refractivity contribution in [3.8, 4) is 0 Å². The minimum Gasteiger partial charge on any atom is -0.406 e. The average molecular weight is 292 g/mol. The van der Waals surface area contributed by atoms with E-state index in [4.69, 9.17) is 9.47 Å². The molecule has 0 aromatic carbocycles. The third kappa shape index (κ3) is 3.87. The minimum atomic E-state index is -0.728. The van der Waals surface area contributed by atoms with Crippen molar-refractivity contribution in [2.75, 3.05) is 0 Å². The maximum absolute atomic E-state index is 11.0. The van der Waals surface area contributed by atoms with Crippen molar-refractivity contribution in [3.05, 3.63) is 24.8 Å². The van der Waals surface area contributed by atoms with E-state index in [9.17, 15) is 9.59 Å². The maximum atomic E-state index is 11.0. The molecule has 0 spiro atoms. The summed E-state index contributed by atoms with van der Waals surface area (Å²) in [5, 5.41) is 0. The zero-order chi connectivity index (χ0) is 16.4. The van der Waals surface area contributed by atoms with Crippen molar-refractivity contribution >= 4 is 23.7 Å². The molecule has 0 radical (unpaired) electrons. The van der Waals surface area contributed by atoms with Gasteiger partial charge < -0.3 is 9.47 Å². The Morgan fingerprint density at radius 1 is 1.05 bits per heavy atom. The average Bonchev–Trinajstić information content (AvgIpc) is 2.77. The molecule has 0 N–H and O–H groups in total. The van der Waals surface area contributed by atoms with Crippen LogP contribution in [0.3, 0.4) is 0 Å². The number of cyclic esters (lactones) is 2. The van der Waals surface area contributed by atoms with Gasteiger partial charge in [0.15, 0.2) is 11.1 Å². The molecule has 2 aliphatic rings. The molecule has 0 unspecified atom stereocenters. The summed E-state index contributed by atoms with van der Waals surface area (Å²) in [7, 11) is 0. The van der Waals surface area contributed by atoms with E-state index < -0.39 is 11.1 Å². The molecule has 0 saturated carbocycles. The lowest BCUT2D eigenvalue weighted by atomic mass is 10.1. The smallest absolute Gasteiger partial charge is 0.340 e. The number of nitrogens with zero attached hydrogens (tertiary/aromatic N) is 2. The molecule has 0 bridgehead atoms. The van der Waals surface area contributed by atoms with Crippen molar-refractivity contribution in [2.24, 2.45) is 9.98 Å². The van der Waals surface area contributed by atoms with Gasteiger partial charge >= 0.3 is 11.9 Å². The van der Waals surface area contributed by atoms with Gasteiger partial charge in [0, 0.05) is 5.57 Å². The molecule has 2 aliphatic heterocycles. The lowest BCUT2D eigenvalue weighted by Gasteiger charge is -2.05. The summed E-state index contributed by atoms with van der Waals surface area (Å²) in [5.74, 6) is 0.0490. The fourth-order valence-electron chi connectivity index (χ4n) is 1.37. The van der Waals surface area contributed by atoms with Gasteiger partial charge in [-0.05, 0) is 40.7 Å². The summed E-state index contributed by atoms with van der Waals surface area (Å²) in [6.07, 6.45) is 1.42. The molecule has 0 fully saturated rings. The van der Waals surface area contributed by atoms with Crippen molar-refractivity contribution in [1.29, 1.82) is 0 Å². The molecular formula is C15H20N2O4. The van der Waals surface area contributed by atoms with E-state index in [-0.39, 0.29) is 11.9 Å². The number of carbonyl (C=O) groups excluding carboxylic acids is 2. The fraction of sp³-hybridized carbons (Fsp3) is 0.467. The van der Waals surface area contributed by atoms with Crippen LogP contribution in [0.15, 0.2) is 34.8 Å². The fourth-order valence-corrected chi connectivity index (χ4v) is 1.37. The van der Waals surface area contributed by atoms with E-state index in [1.54, 1.807) is 34.6 Å².